The fraction of sp³-hybridized carbons (Fsp3) is 0.625. The number of hydrogen-bond acceptors (Lipinski definition) is 4. The molecule has 0 amide bonds. The maximum atomic E-state index is 9.12. The lowest BCUT2D eigenvalue weighted by Gasteiger charge is -2.30. The summed E-state index contributed by atoms with van der Waals surface area (Å²) in [5.41, 5.74) is 0.789. The van der Waals surface area contributed by atoms with Gasteiger partial charge in [-0.1, -0.05) is 0 Å². The Labute approximate surface area is 86.9 Å². The molecular formula is C8H13N3O2S. The topological polar surface area (TPSA) is 53.4 Å². The molecule has 0 atom stereocenters. The van der Waals surface area contributed by atoms with E-state index in [4.69, 9.17) is 22.1 Å². The van der Waals surface area contributed by atoms with Gasteiger partial charge in [0.2, 0.25) is 0 Å². The molecule has 0 spiro atoms. The molecule has 0 aliphatic carbocycles. The average molecular weight is 215 g/mol. The van der Waals surface area contributed by atoms with Crippen molar-refractivity contribution < 1.29 is 9.84 Å². The molecule has 2 heterocycles. The number of H-pyrrole nitrogens is 1. The Bertz CT molecular complexity index is 354. The van der Waals surface area contributed by atoms with Crippen LogP contribution in [0.2, 0.25) is 0 Å². The molecule has 2 rings (SSSR count). The molecule has 14 heavy (non-hydrogen) atoms. The zero-order valence-corrected chi connectivity index (χ0v) is 8.59. The highest BCUT2D eigenvalue weighted by atomic mass is 32.1. The predicted octanol–water partition coefficient (Wildman–Crippen LogP) is 0.00619. The van der Waals surface area contributed by atoms with Gasteiger partial charge in [-0.25, -0.2) is 4.68 Å². The third kappa shape index (κ3) is 1.68. The summed E-state index contributed by atoms with van der Waals surface area (Å²) in [5, 5.41) is 11.2. The van der Waals surface area contributed by atoms with Gasteiger partial charge in [0.15, 0.2) is 4.77 Å². The summed E-state index contributed by atoms with van der Waals surface area (Å²) in [6.07, 6.45) is 1.73. The Kier molecular flexibility index (Phi) is 2.85. The van der Waals surface area contributed by atoms with E-state index in [1.54, 1.807) is 6.20 Å². The number of nitrogens with one attached hydrogen (secondary N) is 1. The Morgan fingerprint density at radius 2 is 2.21 bits per heavy atom. The molecular weight excluding hydrogens is 202 g/mol. The van der Waals surface area contributed by atoms with Gasteiger partial charge < -0.3 is 19.8 Å². The maximum absolute atomic E-state index is 9.12. The second-order valence-electron chi connectivity index (χ2n) is 3.12. The van der Waals surface area contributed by atoms with E-state index in [-0.39, 0.29) is 6.61 Å². The van der Waals surface area contributed by atoms with Gasteiger partial charge in [-0.3, -0.25) is 0 Å². The van der Waals surface area contributed by atoms with Crippen molar-refractivity contribution in [3.63, 3.8) is 0 Å². The minimum atomic E-state index is -0.00943. The molecule has 1 aromatic rings. The third-order valence-corrected chi connectivity index (χ3v) is 2.55. The highest BCUT2D eigenvalue weighted by Crippen LogP contribution is 2.05. The molecule has 5 nitrogen and oxygen atoms in total. The zero-order valence-electron chi connectivity index (χ0n) is 7.77. The normalized spacial score (nSPS) is 17.4. The van der Waals surface area contributed by atoms with Crippen molar-refractivity contribution in [1.29, 1.82) is 0 Å². The predicted molar refractivity (Wildman–Crippen MR) is 54.3 cm³/mol. The molecule has 6 heteroatoms. The Hall–Kier alpha value is -0.850. The van der Waals surface area contributed by atoms with Gasteiger partial charge in [-0.15, -0.1) is 0 Å². The first-order chi connectivity index (χ1) is 6.83. The van der Waals surface area contributed by atoms with Crippen molar-refractivity contribution in [2.75, 3.05) is 31.3 Å². The van der Waals surface area contributed by atoms with Crippen LogP contribution in [0.25, 0.3) is 0 Å². The van der Waals surface area contributed by atoms with Crippen molar-refractivity contribution in [2.24, 2.45) is 0 Å². The van der Waals surface area contributed by atoms with E-state index in [2.05, 4.69) is 9.99 Å². The first-order valence-corrected chi connectivity index (χ1v) is 4.97. The van der Waals surface area contributed by atoms with Crippen molar-refractivity contribution in [2.45, 2.75) is 6.61 Å². The molecule has 2 N–H and O–H groups in total. The number of aliphatic hydroxyl groups excluding tert-OH is 1. The first-order valence-electron chi connectivity index (χ1n) is 4.56. The summed E-state index contributed by atoms with van der Waals surface area (Å²) in [6, 6.07) is 0. The molecule has 0 aromatic carbocycles. The molecule has 1 aliphatic heterocycles. The second kappa shape index (κ2) is 4.12. The van der Waals surface area contributed by atoms with Crippen LogP contribution >= 0.6 is 12.2 Å². The largest absolute Gasteiger partial charge is 0.390 e. The molecule has 1 aromatic heterocycles. The fourth-order valence-electron chi connectivity index (χ4n) is 1.57. The molecule has 0 bridgehead atoms. The molecule has 0 radical (unpaired) electrons. The van der Waals surface area contributed by atoms with E-state index in [0.29, 0.717) is 18.0 Å². The number of ether oxygens (including phenoxy) is 1. The lowest BCUT2D eigenvalue weighted by atomic mass is 10.5. The van der Waals surface area contributed by atoms with E-state index in [0.717, 1.165) is 18.8 Å². The van der Waals surface area contributed by atoms with Gasteiger partial charge in [0, 0.05) is 6.20 Å². The molecule has 1 saturated heterocycles. The monoisotopic (exact) mass is 215 g/mol. The lowest BCUT2D eigenvalue weighted by molar-refractivity contribution is 0.109. The SMILES string of the molecule is OCc1c[nH]c(=S)n1N1CCOCC1. The van der Waals surface area contributed by atoms with Crippen LogP contribution in [0.4, 0.5) is 0 Å². The van der Waals surface area contributed by atoms with Crippen LogP contribution in [0.3, 0.4) is 0 Å². The van der Waals surface area contributed by atoms with Gasteiger partial charge in [0.1, 0.15) is 0 Å². The number of morpholine rings is 1. The van der Waals surface area contributed by atoms with Gasteiger partial charge in [-0.2, -0.15) is 0 Å². The number of aromatic nitrogens is 2. The van der Waals surface area contributed by atoms with Crippen LogP contribution in [-0.2, 0) is 11.3 Å². The van der Waals surface area contributed by atoms with Gasteiger partial charge in [0.05, 0.1) is 38.6 Å². The quantitative estimate of drug-likeness (QED) is 0.682. The number of aromatic amines is 1. The van der Waals surface area contributed by atoms with Crippen molar-refractivity contribution in [3.05, 3.63) is 16.7 Å². The van der Waals surface area contributed by atoms with E-state index in [1.165, 1.54) is 0 Å². The van der Waals surface area contributed by atoms with Crippen LogP contribution < -0.4 is 5.01 Å². The highest BCUT2D eigenvalue weighted by molar-refractivity contribution is 7.71. The number of aliphatic hydroxyl groups is 1. The Morgan fingerprint density at radius 1 is 1.50 bits per heavy atom. The number of hydrogen-bond donors (Lipinski definition) is 2. The summed E-state index contributed by atoms with van der Waals surface area (Å²) in [7, 11) is 0. The molecule has 78 valence electrons. The second-order valence-corrected chi connectivity index (χ2v) is 3.51. The van der Waals surface area contributed by atoms with Crippen molar-refractivity contribution in [3.8, 4) is 0 Å². The smallest absolute Gasteiger partial charge is 0.196 e. The minimum absolute atomic E-state index is 0.00943. The first kappa shape index (κ1) is 9.70. The average Bonchev–Trinajstić information content (AvgIpc) is 2.61. The van der Waals surface area contributed by atoms with Gasteiger partial charge in [0.25, 0.3) is 0 Å². The summed E-state index contributed by atoms with van der Waals surface area (Å²) < 4.78 is 7.72. The zero-order chi connectivity index (χ0) is 9.97. The molecule has 1 aliphatic rings. The van der Waals surface area contributed by atoms with Crippen LogP contribution in [-0.4, -0.2) is 41.1 Å². The molecule has 0 unspecified atom stereocenters. The van der Waals surface area contributed by atoms with Crippen LogP contribution in [0.5, 0.6) is 0 Å². The fourth-order valence-corrected chi connectivity index (χ4v) is 1.87. The standard InChI is InChI=1S/C8H13N3O2S/c12-6-7-5-9-8(14)11(7)10-1-3-13-4-2-10/h5,12H,1-4,6H2,(H,9,14). The minimum Gasteiger partial charge on any atom is -0.390 e. The van der Waals surface area contributed by atoms with Gasteiger partial charge in [-0.05, 0) is 12.2 Å². The summed E-state index contributed by atoms with van der Waals surface area (Å²) in [6.45, 7) is 3.01. The number of nitrogens with zero attached hydrogens (tertiary/aromatic N) is 2. The number of rotatable bonds is 2. The van der Waals surface area contributed by atoms with Gasteiger partial charge >= 0.3 is 0 Å². The lowest BCUT2D eigenvalue weighted by Crippen LogP contribution is -2.44. The highest BCUT2D eigenvalue weighted by Gasteiger charge is 2.14. The molecule has 1 fully saturated rings. The van der Waals surface area contributed by atoms with Crippen molar-refractivity contribution in [1.82, 2.24) is 9.66 Å². The Morgan fingerprint density at radius 3 is 2.86 bits per heavy atom. The molecule has 0 saturated carbocycles. The van der Waals surface area contributed by atoms with E-state index < -0.39 is 0 Å². The summed E-state index contributed by atoms with van der Waals surface area (Å²) in [5.74, 6) is 0. The van der Waals surface area contributed by atoms with Crippen molar-refractivity contribution >= 4 is 12.2 Å². The van der Waals surface area contributed by atoms with E-state index >= 15 is 0 Å². The van der Waals surface area contributed by atoms with E-state index in [9.17, 15) is 0 Å². The summed E-state index contributed by atoms with van der Waals surface area (Å²) in [4.78, 5) is 2.92. The summed E-state index contributed by atoms with van der Waals surface area (Å²) >= 11 is 5.13. The Balaban J connectivity index is 2.28. The van der Waals surface area contributed by atoms with Crippen LogP contribution in [0.15, 0.2) is 6.20 Å². The third-order valence-electron chi connectivity index (χ3n) is 2.26. The maximum Gasteiger partial charge on any atom is 0.196 e. The van der Waals surface area contributed by atoms with Crippen LogP contribution in [0.1, 0.15) is 5.69 Å². The number of imidazole rings is 1. The van der Waals surface area contributed by atoms with Crippen LogP contribution in [0, 0.1) is 4.77 Å². The van der Waals surface area contributed by atoms with E-state index in [1.807, 2.05) is 4.68 Å².